The van der Waals surface area contributed by atoms with E-state index in [1.54, 1.807) is 4.68 Å². The molecule has 0 radical (unpaired) electrons. The number of benzene rings is 2. The first kappa shape index (κ1) is 18.6. The number of hydrogen-bond donors (Lipinski definition) is 1. The minimum atomic E-state index is -0.357. The van der Waals surface area contributed by atoms with Crippen LogP contribution in [-0.2, 0) is 11.2 Å². The standard InChI is InChI=1S/C22H21N5O2/c1-16-10-12-18(13-11-16)27-21-19(14-24-27)22(29)26(15-23-21)25-20(28)9-5-8-17-6-3-2-4-7-17/h2-4,6-7,10-15H,5,8-9H2,1H3,(H,25,28). The van der Waals surface area contributed by atoms with Gasteiger partial charge in [0.1, 0.15) is 11.7 Å². The highest BCUT2D eigenvalue weighted by atomic mass is 16.2. The number of carbonyl (C=O) groups excluding carboxylic acids is 1. The molecule has 0 aliphatic heterocycles. The van der Waals surface area contributed by atoms with Gasteiger partial charge in [-0.3, -0.25) is 15.0 Å². The molecular weight excluding hydrogens is 366 g/mol. The third kappa shape index (κ3) is 4.08. The Morgan fingerprint density at radius 3 is 2.59 bits per heavy atom. The fourth-order valence-corrected chi connectivity index (χ4v) is 3.15. The summed E-state index contributed by atoms with van der Waals surface area (Å²) in [5.41, 5.74) is 5.85. The van der Waals surface area contributed by atoms with Crippen LogP contribution in [0.5, 0.6) is 0 Å². The van der Waals surface area contributed by atoms with Crippen LogP contribution in [0.2, 0.25) is 0 Å². The van der Waals surface area contributed by atoms with Crippen molar-refractivity contribution in [1.82, 2.24) is 19.4 Å². The van der Waals surface area contributed by atoms with Gasteiger partial charge in [0.15, 0.2) is 5.65 Å². The summed E-state index contributed by atoms with van der Waals surface area (Å²) in [5, 5.41) is 4.63. The molecule has 146 valence electrons. The zero-order valence-electron chi connectivity index (χ0n) is 16.1. The van der Waals surface area contributed by atoms with Crippen molar-refractivity contribution in [2.24, 2.45) is 0 Å². The largest absolute Gasteiger partial charge is 0.283 e. The van der Waals surface area contributed by atoms with E-state index in [0.717, 1.165) is 22.3 Å². The van der Waals surface area contributed by atoms with Crippen LogP contribution in [0.4, 0.5) is 0 Å². The van der Waals surface area contributed by atoms with E-state index in [9.17, 15) is 9.59 Å². The molecule has 0 saturated heterocycles. The summed E-state index contributed by atoms with van der Waals surface area (Å²) in [5.74, 6) is -0.227. The number of rotatable bonds is 6. The second-order valence-corrected chi connectivity index (χ2v) is 6.92. The van der Waals surface area contributed by atoms with E-state index in [2.05, 4.69) is 15.5 Å². The molecule has 0 spiro atoms. The molecule has 7 heteroatoms. The van der Waals surface area contributed by atoms with Gasteiger partial charge in [-0.15, -0.1) is 0 Å². The third-order valence-corrected chi connectivity index (χ3v) is 4.72. The maximum atomic E-state index is 12.7. The molecule has 4 aromatic rings. The Kier molecular flexibility index (Phi) is 5.20. The second kappa shape index (κ2) is 8.10. The van der Waals surface area contributed by atoms with Crippen molar-refractivity contribution in [2.75, 3.05) is 5.43 Å². The van der Waals surface area contributed by atoms with Gasteiger partial charge in [-0.25, -0.2) is 14.3 Å². The van der Waals surface area contributed by atoms with Gasteiger partial charge in [0.25, 0.3) is 5.56 Å². The van der Waals surface area contributed by atoms with Crippen molar-refractivity contribution in [3.63, 3.8) is 0 Å². The van der Waals surface area contributed by atoms with E-state index in [4.69, 9.17) is 0 Å². The van der Waals surface area contributed by atoms with E-state index >= 15 is 0 Å². The Morgan fingerprint density at radius 2 is 1.83 bits per heavy atom. The van der Waals surface area contributed by atoms with Crippen LogP contribution in [-0.4, -0.2) is 25.3 Å². The van der Waals surface area contributed by atoms with Gasteiger partial charge in [0.2, 0.25) is 5.91 Å². The minimum absolute atomic E-state index is 0.227. The van der Waals surface area contributed by atoms with E-state index in [-0.39, 0.29) is 11.5 Å². The average molecular weight is 387 g/mol. The highest BCUT2D eigenvalue weighted by Crippen LogP contribution is 2.14. The Bertz CT molecular complexity index is 1190. The molecule has 29 heavy (non-hydrogen) atoms. The Hall–Kier alpha value is -3.74. The number of fused-ring (bicyclic) bond motifs is 1. The number of hydrogen-bond acceptors (Lipinski definition) is 4. The zero-order chi connectivity index (χ0) is 20.2. The summed E-state index contributed by atoms with van der Waals surface area (Å²) in [7, 11) is 0. The second-order valence-electron chi connectivity index (χ2n) is 6.92. The molecule has 0 unspecified atom stereocenters. The van der Waals surface area contributed by atoms with Crippen molar-refractivity contribution in [3.8, 4) is 5.69 Å². The van der Waals surface area contributed by atoms with Crippen molar-refractivity contribution < 1.29 is 4.79 Å². The molecular formula is C22H21N5O2. The van der Waals surface area contributed by atoms with Gasteiger partial charge < -0.3 is 0 Å². The van der Waals surface area contributed by atoms with Crippen molar-refractivity contribution in [2.45, 2.75) is 26.2 Å². The van der Waals surface area contributed by atoms with Gasteiger partial charge in [-0.1, -0.05) is 48.0 Å². The molecule has 0 fully saturated rings. The summed E-state index contributed by atoms with van der Waals surface area (Å²) in [6.07, 6.45) is 4.63. The number of amides is 1. The molecule has 0 aliphatic rings. The first-order valence-electron chi connectivity index (χ1n) is 9.48. The zero-order valence-corrected chi connectivity index (χ0v) is 16.1. The quantitative estimate of drug-likeness (QED) is 0.551. The van der Waals surface area contributed by atoms with Crippen LogP contribution < -0.4 is 11.0 Å². The molecule has 0 aliphatic carbocycles. The molecule has 1 N–H and O–H groups in total. The number of carbonyl (C=O) groups is 1. The number of aryl methyl sites for hydroxylation is 2. The lowest BCUT2D eigenvalue weighted by molar-refractivity contribution is -0.117. The Labute approximate surface area is 167 Å². The fourth-order valence-electron chi connectivity index (χ4n) is 3.15. The lowest BCUT2D eigenvalue weighted by atomic mass is 10.1. The smallest absolute Gasteiger partial charge is 0.273 e. The van der Waals surface area contributed by atoms with E-state index in [0.29, 0.717) is 23.9 Å². The molecule has 2 aromatic carbocycles. The third-order valence-electron chi connectivity index (χ3n) is 4.72. The SMILES string of the molecule is Cc1ccc(-n2ncc3c(=O)n(NC(=O)CCCc4ccccc4)cnc32)cc1. The summed E-state index contributed by atoms with van der Waals surface area (Å²) in [6.45, 7) is 2.00. The van der Waals surface area contributed by atoms with Gasteiger partial charge in [0, 0.05) is 6.42 Å². The first-order chi connectivity index (χ1) is 14.1. The normalized spacial score (nSPS) is 10.9. The lowest BCUT2D eigenvalue weighted by Crippen LogP contribution is -2.33. The number of aromatic nitrogens is 4. The van der Waals surface area contributed by atoms with Crippen molar-refractivity contribution >= 4 is 16.9 Å². The van der Waals surface area contributed by atoms with Crippen LogP contribution in [0, 0.1) is 6.92 Å². The highest BCUT2D eigenvalue weighted by molar-refractivity contribution is 5.84. The van der Waals surface area contributed by atoms with Crippen LogP contribution in [0.1, 0.15) is 24.0 Å². The molecule has 7 nitrogen and oxygen atoms in total. The Balaban J connectivity index is 1.47. The van der Waals surface area contributed by atoms with Crippen LogP contribution in [0.15, 0.2) is 71.9 Å². The minimum Gasteiger partial charge on any atom is -0.273 e. The van der Waals surface area contributed by atoms with Crippen LogP contribution >= 0.6 is 0 Å². The predicted octanol–water partition coefficient (Wildman–Crippen LogP) is 2.98. The molecule has 0 saturated carbocycles. The van der Waals surface area contributed by atoms with Gasteiger partial charge in [-0.2, -0.15) is 5.10 Å². The summed E-state index contributed by atoms with van der Waals surface area (Å²) in [6, 6.07) is 17.8. The molecule has 0 atom stereocenters. The van der Waals surface area contributed by atoms with E-state index < -0.39 is 0 Å². The van der Waals surface area contributed by atoms with Gasteiger partial charge in [-0.05, 0) is 37.5 Å². The highest BCUT2D eigenvalue weighted by Gasteiger charge is 2.12. The topological polar surface area (TPSA) is 81.8 Å². The molecule has 1 amide bonds. The van der Waals surface area contributed by atoms with Crippen LogP contribution in [0.3, 0.4) is 0 Å². The molecule has 2 aromatic heterocycles. The summed E-state index contributed by atoms with van der Waals surface area (Å²) in [4.78, 5) is 29.3. The lowest BCUT2D eigenvalue weighted by Gasteiger charge is -2.08. The first-order valence-corrected chi connectivity index (χ1v) is 9.48. The summed E-state index contributed by atoms with van der Waals surface area (Å²) >= 11 is 0. The van der Waals surface area contributed by atoms with Gasteiger partial charge in [0.05, 0.1) is 11.9 Å². The Morgan fingerprint density at radius 1 is 1.07 bits per heavy atom. The maximum Gasteiger partial charge on any atom is 0.283 e. The van der Waals surface area contributed by atoms with Crippen molar-refractivity contribution in [1.29, 1.82) is 0 Å². The predicted molar refractivity (Wildman–Crippen MR) is 112 cm³/mol. The van der Waals surface area contributed by atoms with Crippen LogP contribution in [0.25, 0.3) is 16.7 Å². The molecule has 0 bridgehead atoms. The van der Waals surface area contributed by atoms with E-state index in [1.165, 1.54) is 18.1 Å². The number of nitrogens with zero attached hydrogens (tertiary/aromatic N) is 4. The summed E-state index contributed by atoms with van der Waals surface area (Å²) < 4.78 is 2.73. The fraction of sp³-hybridized carbons (Fsp3) is 0.182. The number of nitrogens with one attached hydrogen (secondary N) is 1. The average Bonchev–Trinajstić information content (AvgIpc) is 3.16. The van der Waals surface area contributed by atoms with E-state index in [1.807, 2.05) is 61.5 Å². The van der Waals surface area contributed by atoms with Crippen molar-refractivity contribution in [3.05, 3.63) is 88.6 Å². The molecule has 2 heterocycles. The maximum absolute atomic E-state index is 12.7. The molecule has 4 rings (SSSR count). The monoisotopic (exact) mass is 387 g/mol. The van der Waals surface area contributed by atoms with Gasteiger partial charge >= 0.3 is 0 Å².